The molecule has 0 aromatic rings. The second-order valence-corrected chi connectivity index (χ2v) is 8.95. The van der Waals surface area contributed by atoms with Gasteiger partial charge in [-0.05, 0) is 39.4 Å². The molecule has 0 aliphatic carbocycles. The van der Waals surface area contributed by atoms with Gasteiger partial charge in [0, 0.05) is 5.57 Å². The van der Waals surface area contributed by atoms with Gasteiger partial charge < -0.3 is 9.16 Å². The van der Waals surface area contributed by atoms with Crippen molar-refractivity contribution in [1.29, 1.82) is 0 Å². The largest absolute Gasteiger partial charge is 0.520 e. The SMILES string of the molecule is C=CCC(CC=C)=C(OCC)O[Si](C)(C)C. The molecule has 0 aromatic heterocycles. The summed E-state index contributed by atoms with van der Waals surface area (Å²) >= 11 is 0. The zero-order chi connectivity index (χ0) is 12.6. The molecule has 0 amide bonds. The van der Waals surface area contributed by atoms with Gasteiger partial charge in [0.2, 0.25) is 8.32 Å². The van der Waals surface area contributed by atoms with Gasteiger partial charge >= 0.3 is 0 Å². The van der Waals surface area contributed by atoms with E-state index in [4.69, 9.17) is 9.16 Å². The Morgan fingerprint density at radius 3 is 1.94 bits per heavy atom. The Bertz CT molecular complexity index is 250. The van der Waals surface area contributed by atoms with E-state index >= 15 is 0 Å². The van der Waals surface area contributed by atoms with Crippen molar-refractivity contribution in [3.8, 4) is 0 Å². The molecule has 92 valence electrons. The first-order valence-corrected chi connectivity index (χ1v) is 9.11. The van der Waals surface area contributed by atoms with Gasteiger partial charge in [-0.25, -0.2) is 0 Å². The van der Waals surface area contributed by atoms with Crippen LogP contribution in [0.1, 0.15) is 19.8 Å². The van der Waals surface area contributed by atoms with Crippen molar-refractivity contribution in [2.24, 2.45) is 0 Å². The maximum absolute atomic E-state index is 5.95. The van der Waals surface area contributed by atoms with Crippen LogP contribution in [0.5, 0.6) is 0 Å². The number of rotatable bonds is 8. The highest BCUT2D eigenvalue weighted by molar-refractivity contribution is 6.70. The molecule has 0 spiro atoms. The highest BCUT2D eigenvalue weighted by atomic mass is 28.4. The molecule has 0 saturated heterocycles. The van der Waals surface area contributed by atoms with E-state index in [9.17, 15) is 0 Å². The minimum Gasteiger partial charge on any atom is -0.520 e. The molecule has 0 heterocycles. The summed E-state index contributed by atoms with van der Waals surface area (Å²) in [6.07, 6.45) is 5.30. The lowest BCUT2D eigenvalue weighted by Gasteiger charge is -2.23. The van der Waals surface area contributed by atoms with Gasteiger partial charge in [0.1, 0.15) is 0 Å². The average molecular weight is 240 g/mol. The lowest BCUT2D eigenvalue weighted by Crippen LogP contribution is -2.26. The molecule has 3 heteroatoms. The minimum absolute atomic E-state index is 0.623. The third-order valence-electron chi connectivity index (χ3n) is 1.74. The van der Waals surface area contributed by atoms with Crippen molar-refractivity contribution in [3.05, 3.63) is 36.8 Å². The third kappa shape index (κ3) is 6.51. The van der Waals surface area contributed by atoms with Gasteiger partial charge in [0.05, 0.1) is 6.61 Å². The van der Waals surface area contributed by atoms with E-state index in [0.717, 1.165) is 18.4 Å². The van der Waals surface area contributed by atoms with E-state index in [0.29, 0.717) is 12.6 Å². The molecule has 0 saturated carbocycles. The van der Waals surface area contributed by atoms with Crippen LogP contribution in [0.25, 0.3) is 0 Å². The van der Waals surface area contributed by atoms with Gasteiger partial charge in [-0.1, -0.05) is 12.2 Å². The molecule has 0 unspecified atom stereocenters. The molecule has 0 bridgehead atoms. The summed E-state index contributed by atoms with van der Waals surface area (Å²) in [5.41, 5.74) is 1.12. The van der Waals surface area contributed by atoms with Crippen molar-refractivity contribution in [1.82, 2.24) is 0 Å². The fraction of sp³-hybridized carbons (Fsp3) is 0.538. The highest BCUT2D eigenvalue weighted by Gasteiger charge is 2.20. The standard InChI is InChI=1S/C13H24O2Si/c1-7-10-12(11-8-2)13(14-9-3)15-16(4,5)6/h7-8H,1-2,9-11H2,3-6H3. The Hall–Kier alpha value is -0.963. The van der Waals surface area contributed by atoms with Crippen LogP contribution in [-0.2, 0) is 9.16 Å². The Morgan fingerprint density at radius 1 is 1.12 bits per heavy atom. The summed E-state index contributed by atoms with van der Waals surface area (Å²) in [5, 5.41) is 0. The first-order chi connectivity index (χ1) is 7.44. The van der Waals surface area contributed by atoms with Crippen molar-refractivity contribution in [3.63, 3.8) is 0 Å². The Morgan fingerprint density at radius 2 is 1.62 bits per heavy atom. The average Bonchev–Trinajstić information content (AvgIpc) is 2.15. The summed E-state index contributed by atoms with van der Waals surface area (Å²) in [4.78, 5) is 0. The summed E-state index contributed by atoms with van der Waals surface area (Å²) in [6.45, 7) is 16.5. The smallest absolute Gasteiger partial charge is 0.265 e. The Balaban J connectivity index is 4.95. The van der Waals surface area contributed by atoms with Crippen LogP contribution in [0.15, 0.2) is 36.8 Å². The molecule has 0 aliphatic heterocycles. The highest BCUT2D eigenvalue weighted by Crippen LogP contribution is 2.21. The lowest BCUT2D eigenvalue weighted by atomic mass is 10.1. The third-order valence-corrected chi connectivity index (χ3v) is 2.54. The molecule has 0 atom stereocenters. The fourth-order valence-electron chi connectivity index (χ4n) is 1.21. The number of allylic oxidation sites excluding steroid dienone is 3. The van der Waals surface area contributed by atoms with E-state index in [1.165, 1.54) is 0 Å². The molecular formula is C13H24O2Si. The van der Waals surface area contributed by atoms with Crippen LogP contribution in [0.4, 0.5) is 0 Å². The first-order valence-electron chi connectivity index (χ1n) is 5.70. The topological polar surface area (TPSA) is 18.5 Å². The quantitative estimate of drug-likeness (QED) is 0.359. The molecule has 0 fully saturated rings. The van der Waals surface area contributed by atoms with Gasteiger partial charge in [0.15, 0.2) is 0 Å². The van der Waals surface area contributed by atoms with E-state index in [1.807, 2.05) is 19.1 Å². The number of ether oxygens (including phenoxy) is 1. The molecule has 0 rings (SSSR count). The summed E-state index contributed by atoms with van der Waals surface area (Å²) in [6, 6.07) is 0. The van der Waals surface area contributed by atoms with E-state index in [-0.39, 0.29) is 0 Å². The van der Waals surface area contributed by atoms with Crippen molar-refractivity contribution in [2.45, 2.75) is 39.4 Å². The molecule has 0 radical (unpaired) electrons. The van der Waals surface area contributed by atoms with Gasteiger partial charge in [-0.3, -0.25) is 0 Å². The van der Waals surface area contributed by atoms with Crippen molar-refractivity contribution >= 4 is 8.32 Å². The number of hydrogen-bond donors (Lipinski definition) is 0. The van der Waals surface area contributed by atoms with Crippen LogP contribution >= 0.6 is 0 Å². The fourth-order valence-corrected chi connectivity index (χ4v) is 1.97. The van der Waals surface area contributed by atoms with Crippen LogP contribution in [0, 0.1) is 0 Å². The van der Waals surface area contributed by atoms with E-state index in [1.54, 1.807) is 0 Å². The molecular weight excluding hydrogens is 216 g/mol. The number of hydrogen-bond acceptors (Lipinski definition) is 2. The summed E-state index contributed by atoms with van der Waals surface area (Å²) in [5.74, 6) is 0.682. The van der Waals surface area contributed by atoms with Gasteiger partial charge in [-0.15, -0.1) is 13.2 Å². The van der Waals surface area contributed by atoms with E-state index < -0.39 is 8.32 Å². The second kappa shape index (κ2) is 7.33. The van der Waals surface area contributed by atoms with Crippen molar-refractivity contribution in [2.75, 3.05) is 6.61 Å². The van der Waals surface area contributed by atoms with Gasteiger partial charge in [-0.2, -0.15) is 0 Å². The maximum atomic E-state index is 5.95. The van der Waals surface area contributed by atoms with Gasteiger partial charge in [0.25, 0.3) is 5.95 Å². The molecule has 0 N–H and O–H groups in total. The van der Waals surface area contributed by atoms with Crippen LogP contribution in [0.2, 0.25) is 19.6 Å². The predicted octanol–water partition coefficient (Wildman–Crippen LogP) is 4.24. The normalized spacial score (nSPS) is 10.5. The Labute approximate surface area is 101 Å². The predicted molar refractivity (Wildman–Crippen MR) is 72.7 cm³/mol. The molecule has 0 aliphatic rings. The zero-order valence-electron chi connectivity index (χ0n) is 11.0. The van der Waals surface area contributed by atoms with E-state index in [2.05, 4.69) is 32.8 Å². The zero-order valence-corrected chi connectivity index (χ0v) is 12.0. The molecule has 16 heavy (non-hydrogen) atoms. The lowest BCUT2D eigenvalue weighted by molar-refractivity contribution is 0.106. The molecule has 0 aromatic carbocycles. The Kier molecular flexibility index (Phi) is 6.89. The summed E-state index contributed by atoms with van der Waals surface area (Å²) in [7, 11) is -1.63. The second-order valence-electron chi connectivity index (χ2n) is 4.52. The van der Waals surface area contributed by atoms with Crippen LogP contribution in [-0.4, -0.2) is 14.9 Å². The maximum Gasteiger partial charge on any atom is 0.265 e. The van der Waals surface area contributed by atoms with Crippen molar-refractivity contribution < 1.29 is 9.16 Å². The van der Waals surface area contributed by atoms with Crippen LogP contribution in [0.3, 0.4) is 0 Å². The monoisotopic (exact) mass is 240 g/mol. The first kappa shape index (κ1) is 15.0. The summed E-state index contributed by atoms with van der Waals surface area (Å²) < 4.78 is 11.5. The minimum atomic E-state index is -1.63. The molecule has 2 nitrogen and oxygen atoms in total. The van der Waals surface area contributed by atoms with Crippen LogP contribution < -0.4 is 0 Å².